The van der Waals surface area contributed by atoms with Crippen LogP contribution < -0.4 is 15.1 Å². The Labute approximate surface area is 189 Å². The first kappa shape index (κ1) is 22.5. The van der Waals surface area contributed by atoms with Crippen molar-refractivity contribution in [2.75, 3.05) is 49.2 Å². The Morgan fingerprint density at radius 1 is 1.17 bits per heavy atom. The van der Waals surface area contributed by atoms with Crippen LogP contribution in [0.15, 0.2) is 52.9 Å². The minimum atomic E-state index is 0.622. The van der Waals surface area contributed by atoms with Crippen LogP contribution >= 0.6 is 24.2 Å². The van der Waals surface area contributed by atoms with Gasteiger partial charge in [-0.3, -0.25) is 0 Å². The summed E-state index contributed by atoms with van der Waals surface area (Å²) < 4.78 is 5.41. The highest BCUT2D eigenvalue weighted by molar-refractivity contribution is 7.83. The van der Waals surface area contributed by atoms with Gasteiger partial charge in [0.05, 0.1) is 36.0 Å². The van der Waals surface area contributed by atoms with Crippen LogP contribution in [0.3, 0.4) is 0 Å². The quantitative estimate of drug-likeness (QED) is 0.333. The van der Waals surface area contributed by atoms with E-state index in [4.69, 9.17) is 16.3 Å². The van der Waals surface area contributed by atoms with Gasteiger partial charge in [0.25, 0.3) is 0 Å². The predicted molar refractivity (Wildman–Crippen MR) is 133 cm³/mol. The number of nitrogens with one attached hydrogen (secondary N) is 1. The minimum Gasteiger partial charge on any atom is -0.378 e. The molecule has 0 unspecified atom stereocenters. The summed E-state index contributed by atoms with van der Waals surface area (Å²) in [5.74, 6) is 0. The van der Waals surface area contributed by atoms with E-state index in [-0.39, 0.29) is 0 Å². The van der Waals surface area contributed by atoms with E-state index in [0.717, 1.165) is 62.0 Å². The first-order valence-electron chi connectivity index (χ1n) is 10.3. The van der Waals surface area contributed by atoms with Gasteiger partial charge in [-0.05, 0) is 55.2 Å². The third kappa shape index (κ3) is 5.72. The number of morpholine rings is 1. The molecule has 160 valence electrons. The second-order valence-corrected chi connectivity index (χ2v) is 7.57. The fourth-order valence-electron chi connectivity index (χ4n) is 3.43. The van der Waals surface area contributed by atoms with Crippen molar-refractivity contribution >= 4 is 53.3 Å². The second kappa shape index (κ2) is 11.3. The van der Waals surface area contributed by atoms with Gasteiger partial charge >= 0.3 is 0 Å². The van der Waals surface area contributed by atoms with Gasteiger partial charge in [-0.15, -0.1) is 12.6 Å². The smallest absolute Gasteiger partial charge is 0.0931 e. The number of anilines is 2. The Kier molecular flexibility index (Phi) is 8.49. The van der Waals surface area contributed by atoms with E-state index >= 15 is 0 Å². The maximum atomic E-state index is 6.46. The van der Waals surface area contributed by atoms with Gasteiger partial charge in [0.1, 0.15) is 0 Å². The van der Waals surface area contributed by atoms with Crippen LogP contribution in [0.4, 0.5) is 17.1 Å². The maximum Gasteiger partial charge on any atom is 0.0931 e. The third-order valence-electron chi connectivity index (χ3n) is 5.17. The monoisotopic (exact) mass is 444 g/mol. The van der Waals surface area contributed by atoms with Gasteiger partial charge in [0.2, 0.25) is 0 Å². The number of nitrogens with zero attached hydrogens (tertiary/aromatic N) is 3. The number of ether oxygens (including phenoxy) is 1. The molecular weight excluding hydrogens is 416 g/mol. The molecule has 0 aliphatic carbocycles. The summed E-state index contributed by atoms with van der Waals surface area (Å²) in [4.78, 5) is 9.06. The van der Waals surface area contributed by atoms with E-state index in [0.29, 0.717) is 5.02 Å². The predicted octanol–water partition coefficient (Wildman–Crippen LogP) is 5.20. The number of thiol groups is 1. The van der Waals surface area contributed by atoms with Crippen molar-refractivity contribution in [3.8, 4) is 0 Å². The van der Waals surface area contributed by atoms with Crippen molar-refractivity contribution in [3.63, 3.8) is 0 Å². The van der Waals surface area contributed by atoms with Crippen molar-refractivity contribution in [3.05, 3.63) is 58.5 Å². The molecule has 0 aromatic heterocycles. The minimum absolute atomic E-state index is 0.622. The molecule has 1 heterocycles. The molecule has 1 N–H and O–H groups in total. The molecule has 30 heavy (non-hydrogen) atoms. The van der Waals surface area contributed by atoms with Crippen molar-refractivity contribution in [2.45, 2.75) is 13.8 Å². The molecule has 2 aromatic carbocycles. The number of hydrogen-bond acceptors (Lipinski definition) is 5. The zero-order chi connectivity index (χ0) is 21.3. The molecule has 2 aromatic rings. The van der Waals surface area contributed by atoms with E-state index in [9.17, 15) is 0 Å². The molecule has 0 bridgehead atoms. The van der Waals surface area contributed by atoms with E-state index < -0.39 is 0 Å². The van der Waals surface area contributed by atoms with Crippen LogP contribution in [0.5, 0.6) is 0 Å². The van der Waals surface area contributed by atoms with E-state index in [1.165, 1.54) is 5.69 Å². The number of hydrogen-bond donors (Lipinski definition) is 2. The maximum absolute atomic E-state index is 6.46. The summed E-state index contributed by atoms with van der Waals surface area (Å²) >= 11 is 10.8. The lowest BCUT2D eigenvalue weighted by atomic mass is 10.1. The van der Waals surface area contributed by atoms with Crippen LogP contribution in [0.2, 0.25) is 5.02 Å². The second-order valence-electron chi connectivity index (χ2n) is 6.90. The summed E-state index contributed by atoms with van der Waals surface area (Å²) in [5.41, 5.74) is 4.94. The van der Waals surface area contributed by atoms with E-state index in [1.54, 1.807) is 11.7 Å². The Balaban J connectivity index is 1.64. The molecular formula is C23H29ClN4OS. The molecule has 1 aliphatic rings. The van der Waals surface area contributed by atoms with Crippen LogP contribution in [-0.4, -0.2) is 45.7 Å². The molecule has 7 heteroatoms. The van der Waals surface area contributed by atoms with Gasteiger partial charge in [0, 0.05) is 37.6 Å². The highest BCUT2D eigenvalue weighted by Crippen LogP contribution is 2.30. The van der Waals surface area contributed by atoms with E-state index in [2.05, 4.69) is 70.9 Å². The Hall–Kier alpha value is -2.15. The fraction of sp³-hybridized carbons (Fsp3) is 0.348. The molecule has 0 atom stereocenters. The Bertz CT molecular complexity index is 875. The normalized spacial score (nSPS) is 14.9. The Morgan fingerprint density at radius 2 is 1.87 bits per heavy atom. The molecule has 0 spiro atoms. The fourth-order valence-corrected chi connectivity index (χ4v) is 3.87. The number of benzene rings is 2. The molecule has 0 amide bonds. The lowest BCUT2D eigenvalue weighted by molar-refractivity contribution is 0.122. The number of halogens is 1. The van der Waals surface area contributed by atoms with Gasteiger partial charge in [-0.2, -0.15) is 0 Å². The third-order valence-corrected chi connectivity index (χ3v) is 5.73. The van der Waals surface area contributed by atoms with Crippen LogP contribution in [0.25, 0.3) is 5.70 Å². The lowest BCUT2D eigenvalue weighted by Crippen LogP contribution is -2.36. The van der Waals surface area contributed by atoms with E-state index in [1.807, 2.05) is 18.2 Å². The van der Waals surface area contributed by atoms with Crippen LogP contribution in [0.1, 0.15) is 19.4 Å². The van der Waals surface area contributed by atoms with Crippen molar-refractivity contribution in [1.82, 2.24) is 5.32 Å². The van der Waals surface area contributed by atoms with Gasteiger partial charge < -0.3 is 19.9 Å². The largest absolute Gasteiger partial charge is 0.378 e. The van der Waals surface area contributed by atoms with Gasteiger partial charge in [0.15, 0.2) is 0 Å². The summed E-state index contributed by atoms with van der Waals surface area (Å²) in [7, 11) is 0. The Morgan fingerprint density at radius 3 is 2.47 bits per heavy atom. The van der Waals surface area contributed by atoms with Crippen LogP contribution in [-0.2, 0) is 4.74 Å². The summed E-state index contributed by atoms with van der Waals surface area (Å²) in [6.07, 6.45) is 1.65. The molecule has 3 rings (SSSR count). The lowest BCUT2D eigenvalue weighted by Gasteiger charge is -2.29. The summed E-state index contributed by atoms with van der Waals surface area (Å²) in [6.45, 7) is 9.54. The van der Waals surface area contributed by atoms with Gasteiger partial charge in [-0.1, -0.05) is 23.7 Å². The van der Waals surface area contributed by atoms with Crippen LogP contribution in [0, 0.1) is 0 Å². The van der Waals surface area contributed by atoms with Crippen molar-refractivity contribution in [2.24, 2.45) is 4.99 Å². The average molecular weight is 445 g/mol. The summed E-state index contributed by atoms with van der Waals surface area (Å²) in [6, 6.07) is 14.4. The molecule has 1 aliphatic heterocycles. The highest BCUT2D eigenvalue weighted by atomic mass is 35.5. The summed E-state index contributed by atoms with van der Waals surface area (Å²) in [5, 5.41) is 5.57. The molecule has 1 fully saturated rings. The van der Waals surface area contributed by atoms with Crippen molar-refractivity contribution in [1.29, 1.82) is 0 Å². The zero-order valence-electron chi connectivity index (χ0n) is 17.5. The number of rotatable bonds is 8. The molecule has 5 nitrogen and oxygen atoms in total. The topological polar surface area (TPSA) is 40.1 Å². The van der Waals surface area contributed by atoms with Crippen molar-refractivity contribution < 1.29 is 4.74 Å². The molecule has 1 saturated heterocycles. The first-order chi connectivity index (χ1) is 14.7. The molecule has 0 radical (unpaired) electrons. The highest BCUT2D eigenvalue weighted by Gasteiger charge is 2.12. The number of aliphatic imine (C=N–C) groups is 1. The SMILES string of the molecule is CCN(CC)c1ccc(/C(=C/S)NC=Nc2ccc(N3CCOCC3)cc2Cl)cc1. The first-order valence-corrected chi connectivity index (χ1v) is 11.2. The zero-order valence-corrected chi connectivity index (χ0v) is 19.2. The molecule has 0 saturated carbocycles. The van der Waals surface area contributed by atoms with Gasteiger partial charge in [-0.25, -0.2) is 4.99 Å². The standard InChI is InChI=1S/C23H29ClN4OS/c1-3-27(4-2)19-7-5-18(6-8-19)23(16-30)26-17-25-22-10-9-20(15-21(22)24)28-11-13-29-14-12-28/h5-10,15-17,30H,3-4,11-14H2,1-2H3,(H,25,26)/b23-16-. The average Bonchev–Trinajstić information content (AvgIpc) is 2.79.